The molecule has 10 nitrogen and oxygen atoms in total. The number of hydrogen-bond acceptors (Lipinski definition) is 10. The molecular formula is C24H26O10. The first-order chi connectivity index (χ1) is 16.3. The van der Waals surface area contributed by atoms with Gasteiger partial charge in [0.2, 0.25) is 0 Å². The van der Waals surface area contributed by atoms with Crippen LogP contribution in [-0.2, 0) is 4.74 Å². The zero-order valence-corrected chi connectivity index (χ0v) is 18.8. The lowest BCUT2D eigenvalue weighted by Crippen LogP contribution is -2.55. The number of fused-ring (bicyclic) bond motifs is 1. The molecule has 1 aliphatic heterocycles. The van der Waals surface area contributed by atoms with Crippen molar-refractivity contribution in [3.8, 4) is 28.6 Å². The lowest BCUT2D eigenvalue weighted by molar-refractivity contribution is -0.231. The molecule has 0 aliphatic carbocycles. The normalized spacial score (nSPS) is 24.7. The van der Waals surface area contributed by atoms with E-state index in [9.17, 15) is 25.2 Å². The summed E-state index contributed by atoms with van der Waals surface area (Å²) in [6.07, 6.45) is -7.25. The summed E-state index contributed by atoms with van der Waals surface area (Å²) in [4.78, 5) is 13.2. The van der Waals surface area contributed by atoms with Crippen molar-refractivity contribution in [2.75, 3.05) is 27.9 Å². The van der Waals surface area contributed by atoms with E-state index in [1.807, 2.05) is 0 Å². The third-order valence-corrected chi connectivity index (χ3v) is 5.96. The summed E-state index contributed by atoms with van der Waals surface area (Å²) in [7, 11) is 4.30. The van der Waals surface area contributed by atoms with Crippen molar-refractivity contribution in [1.82, 2.24) is 0 Å². The Kier molecular flexibility index (Phi) is 6.78. The molecule has 4 N–H and O–H groups in total. The van der Waals surface area contributed by atoms with Crippen molar-refractivity contribution in [3.63, 3.8) is 0 Å². The largest absolute Gasteiger partial charge is 0.497 e. The molecule has 1 aliphatic rings. The Morgan fingerprint density at radius 1 is 0.882 bits per heavy atom. The minimum atomic E-state index is -1.63. The van der Waals surface area contributed by atoms with Crippen LogP contribution in [0.1, 0.15) is 11.7 Å². The summed E-state index contributed by atoms with van der Waals surface area (Å²) in [5.41, 5.74) is 0.306. The molecule has 4 rings (SSSR count). The highest BCUT2D eigenvalue weighted by Gasteiger charge is 2.46. The third-order valence-electron chi connectivity index (χ3n) is 5.96. The second-order valence-corrected chi connectivity index (χ2v) is 7.85. The van der Waals surface area contributed by atoms with E-state index < -0.39 is 42.6 Å². The smallest absolute Gasteiger partial charge is 0.197 e. The fourth-order valence-electron chi connectivity index (χ4n) is 4.13. The average Bonchev–Trinajstić information content (AvgIpc) is 2.86. The molecule has 2 heterocycles. The summed E-state index contributed by atoms with van der Waals surface area (Å²) in [5.74, 6) is 1.18. The molecule has 1 aromatic heterocycles. The van der Waals surface area contributed by atoms with Crippen LogP contribution in [0.15, 0.2) is 45.6 Å². The average molecular weight is 474 g/mol. The maximum Gasteiger partial charge on any atom is 0.197 e. The van der Waals surface area contributed by atoms with Crippen LogP contribution >= 0.6 is 0 Å². The number of methoxy groups -OCH3 is 3. The van der Waals surface area contributed by atoms with Crippen molar-refractivity contribution in [2.24, 2.45) is 0 Å². The van der Waals surface area contributed by atoms with E-state index in [1.165, 1.54) is 33.5 Å². The van der Waals surface area contributed by atoms with Gasteiger partial charge in [0.15, 0.2) is 11.0 Å². The predicted octanol–water partition coefficient (Wildman–Crippen LogP) is 1.00. The molecule has 3 unspecified atom stereocenters. The fourth-order valence-corrected chi connectivity index (χ4v) is 4.13. The van der Waals surface area contributed by atoms with Crippen LogP contribution in [0.3, 0.4) is 0 Å². The van der Waals surface area contributed by atoms with Gasteiger partial charge in [-0.3, -0.25) is 4.79 Å². The Hall–Kier alpha value is -3.15. The van der Waals surface area contributed by atoms with E-state index in [4.69, 9.17) is 23.4 Å². The first-order valence-corrected chi connectivity index (χ1v) is 10.5. The Labute approximate surface area is 194 Å². The standard InChI is InChI=1S/C24H26O10/c1-30-12-6-4-11(5-7-12)14-8-13(26)18-15(31-2)9-16(32-3)19(23(18)33-14)24-22(29)21(28)20(27)17(10-25)34-24/h4-9,17,20-22,24-25,27-29H,10H2,1-3H3/t17?,20-,21?,22?,24+/m1/s1. The van der Waals surface area contributed by atoms with Gasteiger partial charge in [0.25, 0.3) is 0 Å². The topological polar surface area (TPSA) is 148 Å². The van der Waals surface area contributed by atoms with Crippen LogP contribution in [0.25, 0.3) is 22.3 Å². The zero-order chi connectivity index (χ0) is 24.6. The molecule has 0 radical (unpaired) electrons. The Morgan fingerprint density at radius 2 is 1.56 bits per heavy atom. The maximum atomic E-state index is 13.2. The molecule has 2 aromatic carbocycles. The number of aliphatic hydroxyl groups excluding tert-OH is 4. The summed E-state index contributed by atoms with van der Waals surface area (Å²) < 4.78 is 27.9. The van der Waals surface area contributed by atoms with E-state index in [1.54, 1.807) is 24.3 Å². The summed E-state index contributed by atoms with van der Waals surface area (Å²) in [6, 6.07) is 9.62. The van der Waals surface area contributed by atoms with Crippen molar-refractivity contribution in [1.29, 1.82) is 0 Å². The molecule has 182 valence electrons. The van der Waals surface area contributed by atoms with Gasteiger partial charge in [-0.15, -0.1) is 0 Å². The first kappa shape index (κ1) is 24.0. The van der Waals surface area contributed by atoms with E-state index in [2.05, 4.69) is 0 Å². The van der Waals surface area contributed by atoms with Crippen molar-refractivity contribution in [3.05, 3.63) is 52.2 Å². The molecule has 1 saturated heterocycles. The van der Waals surface area contributed by atoms with Crippen LogP contribution in [0, 0.1) is 0 Å². The summed E-state index contributed by atoms with van der Waals surface area (Å²) in [5, 5.41) is 41.0. The quantitative estimate of drug-likeness (QED) is 0.408. The molecule has 0 bridgehead atoms. The van der Waals surface area contributed by atoms with Crippen molar-refractivity contribution >= 4 is 11.0 Å². The van der Waals surface area contributed by atoms with Gasteiger partial charge in [0.1, 0.15) is 58.9 Å². The van der Waals surface area contributed by atoms with Gasteiger partial charge < -0.3 is 43.8 Å². The van der Waals surface area contributed by atoms with E-state index in [0.717, 1.165) is 0 Å². The third kappa shape index (κ3) is 3.99. The number of aliphatic hydroxyl groups is 4. The second-order valence-electron chi connectivity index (χ2n) is 7.85. The van der Waals surface area contributed by atoms with Gasteiger partial charge in [-0.05, 0) is 24.3 Å². The SMILES string of the molecule is COc1ccc(-c2cc(=O)c3c(OC)cc(OC)c([C@@H]4OC(CO)[C@@H](O)C(O)C4O)c3o2)cc1. The van der Waals surface area contributed by atoms with Crippen molar-refractivity contribution < 1.29 is 43.8 Å². The van der Waals surface area contributed by atoms with Gasteiger partial charge in [-0.2, -0.15) is 0 Å². The summed E-state index contributed by atoms with van der Waals surface area (Å²) >= 11 is 0. The Balaban J connectivity index is 1.99. The van der Waals surface area contributed by atoms with Gasteiger partial charge in [-0.25, -0.2) is 0 Å². The molecule has 34 heavy (non-hydrogen) atoms. The molecule has 5 atom stereocenters. The molecule has 0 saturated carbocycles. The molecule has 10 heteroatoms. The Morgan fingerprint density at radius 3 is 2.15 bits per heavy atom. The Bertz CT molecular complexity index is 1220. The van der Waals surface area contributed by atoms with E-state index >= 15 is 0 Å². The molecule has 3 aromatic rings. The van der Waals surface area contributed by atoms with Crippen LogP contribution in [0.4, 0.5) is 0 Å². The zero-order valence-electron chi connectivity index (χ0n) is 18.8. The number of hydrogen-bond donors (Lipinski definition) is 4. The molecule has 0 spiro atoms. The highest BCUT2D eigenvalue weighted by molar-refractivity contribution is 5.90. The second kappa shape index (κ2) is 9.61. The van der Waals surface area contributed by atoms with E-state index in [-0.39, 0.29) is 33.8 Å². The van der Waals surface area contributed by atoms with Crippen LogP contribution in [-0.4, -0.2) is 72.8 Å². The predicted molar refractivity (Wildman–Crippen MR) is 120 cm³/mol. The number of ether oxygens (including phenoxy) is 4. The van der Waals surface area contributed by atoms with Gasteiger partial charge >= 0.3 is 0 Å². The van der Waals surface area contributed by atoms with Gasteiger partial charge in [0.05, 0.1) is 33.5 Å². The maximum absolute atomic E-state index is 13.2. The summed E-state index contributed by atoms with van der Waals surface area (Å²) in [6.45, 7) is -0.612. The first-order valence-electron chi connectivity index (χ1n) is 10.5. The molecule has 0 amide bonds. The van der Waals surface area contributed by atoms with Crippen LogP contribution in [0.2, 0.25) is 0 Å². The molecular weight excluding hydrogens is 448 g/mol. The van der Waals surface area contributed by atoms with Gasteiger partial charge in [0, 0.05) is 17.7 Å². The van der Waals surface area contributed by atoms with Crippen molar-refractivity contribution in [2.45, 2.75) is 30.5 Å². The van der Waals surface area contributed by atoms with Crippen LogP contribution < -0.4 is 19.6 Å². The molecule has 1 fully saturated rings. The number of rotatable bonds is 6. The minimum Gasteiger partial charge on any atom is -0.497 e. The highest BCUT2D eigenvalue weighted by Crippen LogP contribution is 2.44. The lowest BCUT2D eigenvalue weighted by atomic mass is 9.89. The minimum absolute atomic E-state index is 0.0128. The number of benzene rings is 2. The lowest BCUT2D eigenvalue weighted by Gasteiger charge is -2.40. The monoisotopic (exact) mass is 474 g/mol. The van der Waals surface area contributed by atoms with Crippen LogP contribution in [0.5, 0.6) is 17.2 Å². The highest BCUT2D eigenvalue weighted by atomic mass is 16.5. The van der Waals surface area contributed by atoms with Gasteiger partial charge in [-0.1, -0.05) is 0 Å². The fraction of sp³-hybridized carbons (Fsp3) is 0.375. The van der Waals surface area contributed by atoms with E-state index in [0.29, 0.717) is 11.3 Å².